The molecule has 1 N–H and O–H groups in total. The number of aryl methyl sites for hydroxylation is 1. The van der Waals surface area contributed by atoms with E-state index < -0.39 is 13.2 Å². The van der Waals surface area contributed by atoms with Gasteiger partial charge in [0.1, 0.15) is 12.4 Å². The number of carboxylic acid groups (broad SMARTS) is 1. The van der Waals surface area contributed by atoms with Crippen LogP contribution in [0.4, 0.5) is 17.3 Å². The molecule has 0 fully saturated rings. The van der Waals surface area contributed by atoms with Crippen molar-refractivity contribution in [3.8, 4) is 0 Å². The molecule has 0 aliphatic heterocycles. The van der Waals surface area contributed by atoms with Gasteiger partial charge in [0.05, 0.1) is 7.05 Å². The summed E-state index contributed by atoms with van der Waals surface area (Å²) in [4.78, 5) is 10.1. The minimum Gasteiger partial charge on any atom is -0.478 e. The van der Waals surface area contributed by atoms with E-state index in [0.29, 0.717) is 0 Å². The second kappa shape index (κ2) is 5.37. The molecule has 1 aromatic heterocycles. The van der Waals surface area contributed by atoms with Crippen molar-refractivity contribution >= 4 is 13.2 Å². The predicted molar refractivity (Wildman–Crippen MR) is 43.4 cm³/mol. The summed E-state index contributed by atoms with van der Waals surface area (Å²) < 4.78 is 42.4. The molecule has 0 aliphatic rings. The van der Waals surface area contributed by atoms with Crippen molar-refractivity contribution in [2.45, 2.75) is 6.54 Å². The lowest BCUT2D eigenvalue weighted by Crippen LogP contribution is -2.35. The summed E-state index contributed by atoms with van der Waals surface area (Å²) in [5.74, 6) is -0.823. The van der Waals surface area contributed by atoms with Gasteiger partial charge in [0.25, 0.3) is 0 Å². The number of rotatable bonds is 2. The van der Waals surface area contributed by atoms with Crippen LogP contribution >= 0.6 is 0 Å². The summed E-state index contributed by atoms with van der Waals surface area (Å²) >= 11 is 0. The molecule has 15 heavy (non-hydrogen) atoms. The number of hydrogen-bond donors (Lipinski definition) is 1. The van der Waals surface area contributed by atoms with Crippen molar-refractivity contribution in [1.29, 1.82) is 0 Å². The Morgan fingerprint density at radius 2 is 1.93 bits per heavy atom. The highest BCUT2D eigenvalue weighted by atomic mass is 19.5. The number of halogens is 4. The van der Waals surface area contributed by atoms with Crippen molar-refractivity contribution in [3.05, 3.63) is 18.7 Å². The van der Waals surface area contributed by atoms with Crippen molar-refractivity contribution < 1.29 is 31.7 Å². The lowest BCUT2D eigenvalue weighted by Gasteiger charge is -1.94. The van der Waals surface area contributed by atoms with Crippen LogP contribution in [-0.4, -0.2) is 22.9 Å². The Kier molecular flexibility index (Phi) is 4.82. The zero-order chi connectivity index (χ0) is 12.1. The van der Waals surface area contributed by atoms with Gasteiger partial charge in [-0.15, -0.1) is 0 Å². The standard InChI is InChI=1S/C6H8N2O2.BF4/c1-7-2-3-8(5-7)4-6(9)10;2-1(3,4)5/h2-3,5H,4H2,1H3;/q;-1/p+1. The normalized spacial score (nSPS) is 10.5. The zero-order valence-corrected chi connectivity index (χ0v) is 7.78. The smallest absolute Gasteiger partial charge is 0.478 e. The Hall–Kier alpha value is -1.54. The van der Waals surface area contributed by atoms with E-state index in [1.54, 1.807) is 27.9 Å². The van der Waals surface area contributed by atoms with Gasteiger partial charge >= 0.3 is 13.2 Å². The molecule has 0 aliphatic carbocycles. The summed E-state index contributed by atoms with van der Waals surface area (Å²) in [6, 6.07) is 0. The monoisotopic (exact) mass is 228 g/mol. The summed E-state index contributed by atoms with van der Waals surface area (Å²) in [5, 5.41) is 8.35. The largest absolute Gasteiger partial charge is 0.673 e. The quantitative estimate of drug-likeness (QED) is 0.460. The van der Waals surface area contributed by atoms with Crippen LogP contribution in [0.2, 0.25) is 0 Å². The lowest BCUT2D eigenvalue weighted by molar-refractivity contribution is -0.685. The molecule has 0 aromatic carbocycles. The van der Waals surface area contributed by atoms with Crippen LogP contribution in [0.1, 0.15) is 0 Å². The third-order valence-electron chi connectivity index (χ3n) is 1.14. The van der Waals surface area contributed by atoms with Gasteiger partial charge in [-0.25, -0.2) is 13.9 Å². The number of aromatic nitrogens is 2. The molecular weight excluding hydrogens is 219 g/mol. The molecule has 1 rings (SSSR count). The van der Waals surface area contributed by atoms with E-state index in [2.05, 4.69) is 0 Å². The fourth-order valence-electron chi connectivity index (χ4n) is 0.751. The SMILES string of the molecule is Cn1cc[n+](CC(=O)O)c1.F[B-](F)(F)F. The van der Waals surface area contributed by atoms with E-state index in [1.165, 1.54) is 0 Å². The highest BCUT2D eigenvalue weighted by molar-refractivity contribution is 6.50. The average molecular weight is 228 g/mol. The Bertz CT molecular complexity index is 319. The molecular formula is C6H9BF4N2O2. The Balaban J connectivity index is 0.000000336. The number of hydrogen-bond acceptors (Lipinski definition) is 1. The van der Waals surface area contributed by atoms with Crippen LogP contribution in [0, 0.1) is 0 Å². The fourth-order valence-corrected chi connectivity index (χ4v) is 0.751. The maximum absolute atomic E-state index is 10.1. The number of nitrogens with zero attached hydrogens (tertiary/aromatic N) is 2. The van der Waals surface area contributed by atoms with E-state index >= 15 is 0 Å². The highest BCUT2D eigenvalue weighted by Gasteiger charge is 2.20. The molecule has 0 radical (unpaired) electrons. The average Bonchev–Trinajstić information content (AvgIpc) is 2.29. The molecule has 86 valence electrons. The molecule has 0 spiro atoms. The van der Waals surface area contributed by atoms with Gasteiger partial charge < -0.3 is 22.4 Å². The summed E-state index contributed by atoms with van der Waals surface area (Å²) in [6.07, 6.45) is 5.23. The van der Waals surface area contributed by atoms with E-state index in [4.69, 9.17) is 5.11 Å². The predicted octanol–water partition coefficient (Wildman–Crippen LogP) is 0.697. The van der Waals surface area contributed by atoms with Gasteiger partial charge in [0.2, 0.25) is 6.33 Å². The molecule has 1 aromatic rings. The molecule has 0 atom stereocenters. The van der Waals surface area contributed by atoms with Gasteiger partial charge in [0.15, 0.2) is 6.54 Å². The minimum atomic E-state index is -6.00. The number of aliphatic carboxylic acids is 1. The molecule has 9 heteroatoms. The van der Waals surface area contributed by atoms with E-state index in [9.17, 15) is 22.1 Å². The van der Waals surface area contributed by atoms with E-state index in [1.807, 2.05) is 7.05 Å². The van der Waals surface area contributed by atoms with Crippen molar-refractivity contribution in [2.75, 3.05) is 0 Å². The zero-order valence-electron chi connectivity index (χ0n) is 7.78. The van der Waals surface area contributed by atoms with Crippen molar-refractivity contribution in [1.82, 2.24) is 4.57 Å². The van der Waals surface area contributed by atoms with Gasteiger partial charge in [0, 0.05) is 0 Å². The first-order valence-corrected chi connectivity index (χ1v) is 3.78. The Labute approximate surface area is 82.9 Å². The number of imidazole rings is 1. The first kappa shape index (κ1) is 13.5. The summed E-state index contributed by atoms with van der Waals surface area (Å²) in [6.45, 7) is 0.0286. The molecule has 1 heterocycles. The molecule has 0 saturated heterocycles. The van der Waals surface area contributed by atoms with Crippen LogP contribution in [-0.2, 0) is 18.4 Å². The topological polar surface area (TPSA) is 46.1 Å². The van der Waals surface area contributed by atoms with Crippen molar-refractivity contribution in [2.24, 2.45) is 7.05 Å². The maximum atomic E-state index is 10.1. The molecule has 0 unspecified atom stereocenters. The molecule has 0 bridgehead atoms. The Morgan fingerprint density at radius 1 is 1.47 bits per heavy atom. The second-order valence-electron chi connectivity index (χ2n) is 2.64. The van der Waals surface area contributed by atoms with Crippen LogP contribution in [0.3, 0.4) is 0 Å². The third-order valence-corrected chi connectivity index (χ3v) is 1.14. The maximum Gasteiger partial charge on any atom is 0.673 e. The lowest BCUT2D eigenvalue weighted by atomic mass is 10.3. The van der Waals surface area contributed by atoms with Crippen LogP contribution in [0.5, 0.6) is 0 Å². The molecule has 0 amide bonds. The summed E-state index contributed by atoms with van der Waals surface area (Å²) in [7, 11) is -4.15. The highest BCUT2D eigenvalue weighted by Crippen LogP contribution is 2.06. The van der Waals surface area contributed by atoms with Gasteiger partial charge in [-0.2, -0.15) is 0 Å². The molecule has 4 nitrogen and oxygen atoms in total. The van der Waals surface area contributed by atoms with Crippen LogP contribution < -0.4 is 4.57 Å². The fraction of sp³-hybridized carbons (Fsp3) is 0.333. The van der Waals surface area contributed by atoms with Crippen LogP contribution in [0.25, 0.3) is 0 Å². The Morgan fingerprint density at radius 3 is 2.20 bits per heavy atom. The van der Waals surface area contributed by atoms with E-state index in [0.717, 1.165) is 0 Å². The van der Waals surface area contributed by atoms with Crippen molar-refractivity contribution in [3.63, 3.8) is 0 Å². The van der Waals surface area contributed by atoms with Crippen LogP contribution in [0.15, 0.2) is 18.7 Å². The van der Waals surface area contributed by atoms with Gasteiger partial charge in [-0.3, -0.25) is 0 Å². The van der Waals surface area contributed by atoms with Gasteiger partial charge in [-0.05, 0) is 0 Å². The summed E-state index contributed by atoms with van der Waals surface area (Å²) in [5.41, 5.74) is 0. The number of carboxylic acids is 1. The second-order valence-corrected chi connectivity index (χ2v) is 2.64. The number of carbonyl (C=O) groups is 1. The third kappa shape index (κ3) is 10.4. The van der Waals surface area contributed by atoms with E-state index in [-0.39, 0.29) is 6.54 Å². The van der Waals surface area contributed by atoms with Gasteiger partial charge in [-0.1, -0.05) is 0 Å². The minimum absolute atomic E-state index is 0.0286. The first-order chi connectivity index (χ1) is 6.68. The first-order valence-electron chi connectivity index (χ1n) is 3.78. The molecule has 0 saturated carbocycles.